The number of benzene rings is 1. The van der Waals surface area contributed by atoms with E-state index in [1.54, 1.807) is 0 Å². The van der Waals surface area contributed by atoms with Crippen molar-refractivity contribution in [2.45, 2.75) is 58.7 Å². The summed E-state index contributed by atoms with van der Waals surface area (Å²) in [6, 6.07) is 8.60. The molecule has 1 saturated carbocycles. The minimum atomic E-state index is 0.284. The van der Waals surface area contributed by atoms with Crippen molar-refractivity contribution >= 4 is 0 Å². The Morgan fingerprint density at radius 3 is 2.64 bits per heavy atom. The summed E-state index contributed by atoms with van der Waals surface area (Å²) in [5.74, 6) is 2.05. The van der Waals surface area contributed by atoms with Gasteiger partial charge in [-0.1, -0.05) is 30.1 Å². The number of aliphatic hydroxyl groups excluding tert-OH is 1. The molecule has 1 aromatic carbocycles. The maximum Gasteiger partial charge on any atom is 0.140 e. The van der Waals surface area contributed by atoms with Crippen molar-refractivity contribution in [2.75, 3.05) is 6.61 Å². The van der Waals surface area contributed by atoms with Gasteiger partial charge in [0.2, 0.25) is 0 Å². The second-order valence-corrected chi connectivity index (χ2v) is 6.95. The molecule has 1 aliphatic carbocycles. The number of nitrogens with one attached hydrogen (secondary N) is 1. The van der Waals surface area contributed by atoms with Gasteiger partial charge in [0.1, 0.15) is 18.1 Å². The highest BCUT2D eigenvalue weighted by Crippen LogP contribution is 2.24. The number of nitrogens with zero attached hydrogens (tertiary/aromatic N) is 1. The molecule has 0 aliphatic heterocycles. The van der Waals surface area contributed by atoms with Crippen LogP contribution in [0.15, 0.2) is 28.8 Å². The number of ether oxygens (including phenoxy) is 1. The number of hydrogen-bond donors (Lipinski definition) is 2. The lowest BCUT2D eigenvalue weighted by Gasteiger charge is -2.31. The Bertz CT molecular complexity index is 647. The van der Waals surface area contributed by atoms with E-state index in [9.17, 15) is 5.11 Å². The summed E-state index contributed by atoms with van der Waals surface area (Å²) in [6.45, 7) is 5.41. The Morgan fingerprint density at radius 1 is 1.20 bits per heavy atom. The average molecular weight is 344 g/mol. The van der Waals surface area contributed by atoms with Gasteiger partial charge < -0.3 is 19.7 Å². The smallest absolute Gasteiger partial charge is 0.140 e. The Labute approximate surface area is 149 Å². The van der Waals surface area contributed by atoms with E-state index >= 15 is 0 Å². The minimum Gasteiger partial charge on any atom is -0.489 e. The summed E-state index contributed by atoms with van der Waals surface area (Å²) in [5, 5.41) is 17.1. The van der Waals surface area contributed by atoms with E-state index in [4.69, 9.17) is 9.26 Å². The number of hydrogen-bond acceptors (Lipinski definition) is 5. The molecule has 5 heteroatoms. The standard InChI is InChI=1S/C20H28N2O3/c1-14-19(15(2)25-22-14)13-24-18-9-7-16(8-10-18)11-21-20-6-4-3-5-17(20)12-23/h7-10,17,20-21,23H,3-6,11-13H2,1-2H3. The molecule has 1 aliphatic rings. The third-order valence-corrected chi connectivity index (χ3v) is 5.20. The summed E-state index contributed by atoms with van der Waals surface area (Å²) < 4.78 is 11.0. The first-order valence-electron chi connectivity index (χ1n) is 9.15. The molecular formula is C20H28N2O3. The van der Waals surface area contributed by atoms with E-state index in [1.165, 1.54) is 18.4 Å². The molecule has 0 spiro atoms. The minimum absolute atomic E-state index is 0.284. The summed E-state index contributed by atoms with van der Waals surface area (Å²) in [7, 11) is 0. The molecule has 1 aromatic heterocycles. The zero-order chi connectivity index (χ0) is 17.6. The van der Waals surface area contributed by atoms with Gasteiger partial charge in [-0.25, -0.2) is 0 Å². The largest absolute Gasteiger partial charge is 0.489 e. The molecule has 0 amide bonds. The number of aliphatic hydroxyl groups is 1. The molecule has 5 nitrogen and oxygen atoms in total. The van der Waals surface area contributed by atoms with E-state index in [-0.39, 0.29) is 6.61 Å². The first-order valence-corrected chi connectivity index (χ1v) is 9.15. The first-order chi connectivity index (χ1) is 12.2. The van der Waals surface area contributed by atoms with Gasteiger partial charge in [0, 0.05) is 19.2 Å². The lowest BCUT2D eigenvalue weighted by atomic mass is 9.85. The van der Waals surface area contributed by atoms with Crippen molar-refractivity contribution in [3.8, 4) is 5.75 Å². The van der Waals surface area contributed by atoms with Crippen molar-refractivity contribution in [2.24, 2.45) is 5.92 Å². The Hall–Kier alpha value is -1.85. The molecule has 136 valence electrons. The number of aromatic nitrogens is 1. The zero-order valence-corrected chi connectivity index (χ0v) is 15.1. The number of aryl methyl sites for hydroxylation is 2. The fraction of sp³-hybridized carbons (Fsp3) is 0.550. The molecule has 2 atom stereocenters. The maximum atomic E-state index is 9.50. The topological polar surface area (TPSA) is 67.5 Å². The van der Waals surface area contributed by atoms with Gasteiger partial charge >= 0.3 is 0 Å². The fourth-order valence-corrected chi connectivity index (χ4v) is 3.51. The SMILES string of the molecule is Cc1noc(C)c1COc1ccc(CNC2CCCCC2CO)cc1. The highest BCUT2D eigenvalue weighted by Gasteiger charge is 2.23. The summed E-state index contributed by atoms with van der Waals surface area (Å²) in [5.41, 5.74) is 3.12. The molecule has 3 rings (SSSR count). The third kappa shape index (κ3) is 4.61. The third-order valence-electron chi connectivity index (χ3n) is 5.20. The van der Waals surface area contributed by atoms with Crippen molar-refractivity contribution in [3.63, 3.8) is 0 Å². The van der Waals surface area contributed by atoms with Gasteiger partial charge in [-0.3, -0.25) is 0 Å². The lowest BCUT2D eigenvalue weighted by molar-refractivity contribution is 0.152. The van der Waals surface area contributed by atoms with Crippen LogP contribution in [0, 0.1) is 19.8 Å². The average Bonchev–Trinajstić information content (AvgIpc) is 2.97. The van der Waals surface area contributed by atoms with Crippen LogP contribution in [0.1, 0.15) is 48.3 Å². The molecule has 0 radical (unpaired) electrons. The van der Waals surface area contributed by atoms with Crippen LogP contribution in [0.4, 0.5) is 0 Å². The zero-order valence-electron chi connectivity index (χ0n) is 15.1. The van der Waals surface area contributed by atoms with Crippen LogP contribution in [0.5, 0.6) is 5.75 Å². The van der Waals surface area contributed by atoms with Gasteiger partial charge in [0.25, 0.3) is 0 Å². The van der Waals surface area contributed by atoms with Crippen molar-refractivity contribution in [1.82, 2.24) is 10.5 Å². The van der Waals surface area contributed by atoms with E-state index in [0.717, 1.165) is 42.2 Å². The van der Waals surface area contributed by atoms with Crippen molar-refractivity contribution < 1.29 is 14.4 Å². The van der Waals surface area contributed by atoms with E-state index in [0.29, 0.717) is 18.6 Å². The number of rotatable bonds is 7. The predicted octanol–water partition coefficient (Wildman–Crippen LogP) is 3.51. The van der Waals surface area contributed by atoms with Crippen molar-refractivity contribution in [3.05, 3.63) is 46.8 Å². The second kappa shape index (κ2) is 8.50. The summed E-state index contributed by atoms with van der Waals surface area (Å²) in [6.07, 6.45) is 4.77. The molecule has 0 bridgehead atoms. The molecule has 2 aromatic rings. The quantitative estimate of drug-likeness (QED) is 0.804. The van der Waals surface area contributed by atoms with Gasteiger partial charge in [0.15, 0.2) is 0 Å². The molecule has 2 unspecified atom stereocenters. The van der Waals surface area contributed by atoms with Crippen LogP contribution in [-0.2, 0) is 13.2 Å². The molecule has 1 heterocycles. The van der Waals surface area contributed by atoms with Crippen LogP contribution in [-0.4, -0.2) is 22.9 Å². The first kappa shape index (κ1) is 18.0. The van der Waals surface area contributed by atoms with Gasteiger partial charge in [-0.05, 0) is 50.3 Å². The molecule has 2 N–H and O–H groups in total. The molecular weight excluding hydrogens is 316 g/mol. The Balaban J connectivity index is 1.50. The van der Waals surface area contributed by atoms with E-state index in [2.05, 4.69) is 22.6 Å². The summed E-state index contributed by atoms with van der Waals surface area (Å²) >= 11 is 0. The normalized spacial score (nSPS) is 20.6. The molecule has 25 heavy (non-hydrogen) atoms. The van der Waals surface area contributed by atoms with E-state index in [1.807, 2.05) is 26.0 Å². The monoisotopic (exact) mass is 344 g/mol. The predicted molar refractivity (Wildman–Crippen MR) is 96.4 cm³/mol. The van der Waals surface area contributed by atoms with Crippen LogP contribution in [0.2, 0.25) is 0 Å². The summed E-state index contributed by atoms with van der Waals surface area (Å²) in [4.78, 5) is 0. The molecule has 1 fully saturated rings. The van der Waals surface area contributed by atoms with Crippen LogP contribution < -0.4 is 10.1 Å². The van der Waals surface area contributed by atoms with Gasteiger partial charge in [0.05, 0.1) is 11.3 Å². The van der Waals surface area contributed by atoms with Crippen molar-refractivity contribution in [1.29, 1.82) is 0 Å². The van der Waals surface area contributed by atoms with Gasteiger partial charge in [-0.2, -0.15) is 0 Å². The highest BCUT2D eigenvalue weighted by atomic mass is 16.5. The van der Waals surface area contributed by atoms with E-state index < -0.39 is 0 Å². The van der Waals surface area contributed by atoms with Gasteiger partial charge in [-0.15, -0.1) is 0 Å². The Kier molecular flexibility index (Phi) is 6.10. The molecule has 0 saturated heterocycles. The van der Waals surface area contributed by atoms with Crippen LogP contribution in [0.25, 0.3) is 0 Å². The maximum absolute atomic E-state index is 9.50. The second-order valence-electron chi connectivity index (χ2n) is 6.95. The lowest BCUT2D eigenvalue weighted by Crippen LogP contribution is -2.39. The fourth-order valence-electron chi connectivity index (χ4n) is 3.51. The Morgan fingerprint density at radius 2 is 1.96 bits per heavy atom. The highest BCUT2D eigenvalue weighted by molar-refractivity contribution is 5.28. The van der Waals surface area contributed by atoms with Crippen LogP contribution >= 0.6 is 0 Å². The van der Waals surface area contributed by atoms with Crippen LogP contribution in [0.3, 0.4) is 0 Å².